The second-order valence-corrected chi connectivity index (χ2v) is 7.43. The van der Waals surface area contributed by atoms with E-state index in [1.807, 2.05) is 18.2 Å². The standard InChI is InChI=1S/C21H27Cl2NO3/c1-2-3-11-24(12-10-16-4-9-20(22)21(23)13-16)14-18(26)15-27-19-7-5-17(25)6-8-19/h4-9,13,18,25-26H,2-3,10-12,14-15H2,1H3/t18-/m1/s1. The van der Waals surface area contributed by atoms with Crippen molar-refractivity contribution in [2.75, 3.05) is 26.2 Å². The molecule has 0 aliphatic rings. The largest absolute Gasteiger partial charge is 0.508 e. The zero-order valence-corrected chi connectivity index (χ0v) is 17.1. The number of benzene rings is 2. The van der Waals surface area contributed by atoms with Crippen LogP contribution in [0.2, 0.25) is 10.0 Å². The summed E-state index contributed by atoms with van der Waals surface area (Å²) in [5.41, 5.74) is 1.13. The fourth-order valence-corrected chi connectivity index (χ4v) is 3.06. The summed E-state index contributed by atoms with van der Waals surface area (Å²) in [6, 6.07) is 12.2. The van der Waals surface area contributed by atoms with Crippen LogP contribution in [-0.4, -0.2) is 47.5 Å². The average molecular weight is 412 g/mol. The van der Waals surface area contributed by atoms with Crippen molar-refractivity contribution in [1.29, 1.82) is 0 Å². The van der Waals surface area contributed by atoms with E-state index in [-0.39, 0.29) is 12.4 Å². The Morgan fingerprint density at radius 2 is 1.78 bits per heavy atom. The molecule has 2 N–H and O–H groups in total. The number of phenolic OH excluding ortho intramolecular Hbond substituents is 1. The predicted octanol–water partition coefficient (Wildman–Crippen LogP) is 4.78. The van der Waals surface area contributed by atoms with Gasteiger partial charge in [-0.05, 0) is 61.3 Å². The molecule has 0 bridgehead atoms. The summed E-state index contributed by atoms with van der Waals surface area (Å²) < 4.78 is 5.60. The quantitative estimate of drug-likeness (QED) is 0.558. The molecule has 0 aliphatic heterocycles. The van der Waals surface area contributed by atoms with Crippen LogP contribution in [0.15, 0.2) is 42.5 Å². The van der Waals surface area contributed by atoms with Crippen LogP contribution >= 0.6 is 23.2 Å². The van der Waals surface area contributed by atoms with E-state index in [0.717, 1.165) is 37.9 Å². The Morgan fingerprint density at radius 3 is 2.44 bits per heavy atom. The van der Waals surface area contributed by atoms with Crippen molar-refractivity contribution < 1.29 is 14.9 Å². The lowest BCUT2D eigenvalue weighted by Crippen LogP contribution is -2.37. The van der Waals surface area contributed by atoms with E-state index in [1.165, 1.54) is 0 Å². The number of aliphatic hydroxyl groups excluding tert-OH is 1. The summed E-state index contributed by atoms with van der Waals surface area (Å²) >= 11 is 12.1. The van der Waals surface area contributed by atoms with Crippen LogP contribution in [-0.2, 0) is 6.42 Å². The molecule has 27 heavy (non-hydrogen) atoms. The first-order chi connectivity index (χ1) is 13.0. The van der Waals surface area contributed by atoms with Gasteiger partial charge in [0, 0.05) is 13.1 Å². The zero-order chi connectivity index (χ0) is 19.6. The van der Waals surface area contributed by atoms with Crippen molar-refractivity contribution in [2.45, 2.75) is 32.3 Å². The van der Waals surface area contributed by atoms with Gasteiger partial charge in [-0.2, -0.15) is 0 Å². The molecule has 6 heteroatoms. The van der Waals surface area contributed by atoms with E-state index < -0.39 is 6.10 Å². The monoisotopic (exact) mass is 411 g/mol. The Labute approximate surface area is 171 Å². The molecular weight excluding hydrogens is 385 g/mol. The number of aromatic hydroxyl groups is 1. The highest BCUT2D eigenvalue weighted by Crippen LogP contribution is 2.23. The molecule has 2 aromatic carbocycles. The third kappa shape index (κ3) is 7.97. The Kier molecular flexibility index (Phi) is 9.22. The molecule has 0 fully saturated rings. The Hall–Kier alpha value is -1.46. The second kappa shape index (κ2) is 11.4. The van der Waals surface area contributed by atoms with Crippen LogP contribution < -0.4 is 4.74 Å². The number of phenols is 1. The molecular formula is C21H27Cl2NO3. The van der Waals surface area contributed by atoms with E-state index in [0.29, 0.717) is 22.3 Å². The van der Waals surface area contributed by atoms with Crippen molar-refractivity contribution in [2.24, 2.45) is 0 Å². The van der Waals surface area contributed by atoms with Gasteiger partial charge in [0.1, 0.15) is 24.2 Å². The number of nitrogens with zero attached hydrogens (tertiary/aromatic N) is 1. The first kappa shape index (κ1) is 21.8. The smallest absolute Gasteiger partial charge is 0.119 e. The molecule has 0 saturated heterocycles. The third-order valence-electron chi connectivity index (χ3n) is 4.28. The van der Waals surface area contributed by atoms with Gasteiger partial charge in [0.2, 0.25) is 0 Å². The molecule has 0 aliphatic carbocycles. The van der Waals surface area contributed by atoms with Crippen LogP contribution in [0.4, 0.5) is 0 Å². The minimum atomic E-state index is -0.593. The maximum Gasteiger partial charge on any atom is 0.119 e. The van der Waals surface area contributed by atoms with E-state index in [1.54, 1.807) is 24.3 Å². The summed E-state index contributed by atoms with van der Waals surface area (Å²) in [5.74, 6) is 0.818. The normalized spacial score (nSPS) is 12.3. The molecule has 0 heterocycles. The van der Waals surface area contributed by atoms with Crippen molar-refractivity contribution >= 4 is 23.2 Å². The number of ether oxygens (including phenoxy) is 1. The molecule has 4 nitrogen and oxygen atoms in total. The SMILES string of the molecule is CCCCN(CCc1ccc(Cl)c(Cl)c1)C[C@@H](O)COc1ccc(O)cc1. The zero-order valence-electron chi connectivity index (χ0n) is 15.6. The predicted molar refractivity (Wildman–Crippen MR) is 111 cm³/mol. The topological polar surface area (TPSA) is 52.9 Å². The minimum absolute atomic E-state index is 0.191. The van der Waals surface area contributed by atoms with Gasteiger partial charge in [-0.15, -0.1) is 0 Å². The van der Waals surface area contributed by atoms with E-state index in [2.05, 4.69) is 11.8 Å². The van der Waals surface area contributed by atoms with Gasteiger partial charge >= 0.3 is 0 Å². The Bertz CT molecular complexity index is 694. The molecule has 0 spiro atoms. The molecule has 2 rings (SSSR count). The molecule has 0 unspecified atom stereocenters. The summed E-state index contributed by atoms with van der Waals surface area (Å²) in [6.45, 7) is 4.66. The van der Waals surface area contributed by atoms with Crippen LogP contribution in [0, 0.1) is 0 Å². The minimum Gasteiger partial charge on any atom is -0.508 e. The fraction of sp³-hybridized carbons (Fsp3) is 0.429. The van der Waals surface area contributed by atoms with Crippen LogP contribution in [0.1, 0.15) is 25.3 Å². The number of hydrogen-bond donors (Lipinski definition) is 2. The Balaban J connectivity index is 1.84. The maximum atomic E-state index is 10.4. The highest BCUT2D eigenvalue weighted by atomic mass is 35.5. The first-order valence-electron chi connectivity index (χ1n) is 9.24. The molecule has 1 atom stereocenters. The van der Waals surface area contributed by atoms with Gasteiger partial charge in [0.15, 0.2) is 0 Å². The van der Waals surface area contributed by atoms with Gasteiger partial charge in [-0.1, -0.05) is 42.6 Å². The van der Waals surface area contributed by atoms with Crippen molar-refractivity contribution in [3.63, 3.8) is 0 Å². The maximum absolute atomic E-state index is 10.4. The number of halogens is 2. The third-order valence-corrected chi connectivity index (χ3v) is 5.02. The second-order valence-electron chi connectivity index (χ2n) is 6.61. The molecule has 148 valence electrons. The molecule has 2 aromatic rings. The number of rotatable bonds is 11. The summed E-state index contributed by atoms with van der Waals surface area (Å²) in [7, 11) is 0. The highest BCUT2D eigenvalue weighted by molar-refractivity contribution is 6.42. The molecule has 0 radical (unpaired) electrons. The molecule has 0 amide bonds. The lowest BCUT2D eigenvalue weighted by molar-refractivity contribution is 0.0680. The van der Waals surface area contributed by atoms with E-state index in [9.17, 15) is 10.2 Å². The van der Waals surface area contributed by atoms with Crippen molar-refractivity contribution in [3.05, 3.63) is 58.1 Å². The first-order valence-corrected chi connectivity index (χ1v) is 9.99. The van der Waals surface area contributed by atoms with Gasteiger partial charge in [0.05, 0.1) is 10.0 Å². The van der Waals surface area contributed by atoms with Crippen LogP contribution in [0.25, 0.3) is 0 Å². The van der Waals surface area contributed by atoms with Crippen molar-refractivity contribution in [1.82, 2.24) is 4.90 Å². The summed E-state index contributed by atoms with van der Waals surface area (Å²) in [4.78, 5) is 2.25. The van der Waals surface area contributed by atoms with E-state index >= 15 is 0 Å². The number of aliphatic hydroxyl groups is 1. The average Bonchev–Trinajstić information content (AvgIpc) is 2.66. The lowest BCUT2D eigenvalue weighted by Gasteiger charge is -2.25. The van der Waals surface area contributed by atoms with Crippen molar-refractivity contribution in [3.8, 4) is 11.5 Å². The number of hydrogen-bond acceptors (Lipinski definition) is 4. The van der Waals surface area contributed by atoms with Gasteiger partial charge in [0.25, 0.3) is 0 Å². The summed E-state index contributed by atoms with van der Waals surface area (Å²) in [5, 5.41) is 20.8. The lowest BCUT2D eigenvalue weighted by atomic mass is 10.1. The van der Waals surface area contributed by atoms with Gasteiger partial charge < -0.3 is 19.8 Å². The van der Waals surface area contributed by atoms with E-state index in [4.69, 9.17) is 27.9 Å². The van der Waals surface area contributed by atoms with Gasteiger partial charge in [-0.3, -0.25) is 0 Å². The fourth-order valence-electron chi connectivity index (χ4n) is 2.74. The van der Waals surface area contributed by atoms with Gasteiger partial charge in [-0.25, -0.2) is 0 Å². The van der Waals surface area contributed by atoms with Crippen LogP contribution in [0.3, 0.4) is 0 Å². The Morgan fingerprint density at radius 1 is 1.04 bits per heavy atom. The highest BCUT2D eigenvalue weighted by Gasteiger charge is 2.13. The molecule has 0 aromatic heterocycles. The molecule has 0 saturated carbocycles. The number of unbranched alkanes of at least 4 members (excludes halogenated alkanes) is 1. The van der Waals surface area contributed by atoms with Crippen LogP contribution in [0.5, 0.6) is 11.5 Å². The summed E-state index contributed by atoms with van der Waals surface area (Å²) in [6.07, 6.45) is 2.42.